The molecule has 0 spiro atoms. The van der Waals surface area contributed by atoms with Gasteiger partial charge in [-0.3, -0.25) is 0 Å². The first-order valence-corrected chi connectivity index (χ1v) is 12.3. The molecule has 4 aromatic carbocycles. The molecule has 6 heteroatoms. The van der Waals surface area contributed by atoms with Gasteiger partial charge in [-0.25, -0.2) is 14.4 Å². The van der Waals surface area contributed by atoms with Crippen molar-refractivity contribution in [3.8, 4) is 16.9 Å². The zero-order valence-electron chi connectivity index (χ0n) is 21.9. The minimum Gasteiger partial charge on any atom is -0.457 e. The van der Waals surface area contributed by atoms with Gasteiger partial charge in [0.2, 0.25) is 0 Å². The lowest BCUT2D eigenvalue weighted by atomic mass is 9.99. The quantitative estimate of drug-likeness (QED) is 0.135. The highest BCUT2D eigenvalue weighted by Gasteiger charge is 2.11. The summed E-state index contributed by atoms with van der Waals surface area (Å²) >= 11 is 0. The Kier molecular flexibility index (Phi) is 8.37. The number of ether oxygens (including phenoxy) is 3. The SMILES string of the molecule is C=C(C)C(=O)OCc1ccc(OC(=O)c2ccc3cc(-c4ccc(COC(=O)C(=C)C)cc4)ccc3c2)cc1. The fourth-order valence-electron chi connectivity index (χ4n) is 3.71. The molecule has 0 unspecified atom stereocenters. The van der Waals surface area contributed by atoms with Gasteiger partial charge in [-0.05, 0) is 77.2 Å². The van der Waals surface area contributed by atoms with Gasteiger partial charge in [0.15, 0.2) is 0 Å². The van der Waals surface area contributed by atoms with Crippen LogP contribution in [0.5, 0.6) is 5.75 Å². The molecule has 0 saturated heterocycles. The van der Waals surface area contributed by atoms with Crippen LogP contribution in [-0.2, 0) is 32.3 Å². The summed E-state index contributed by atoms with van der Waals surface area (Å²) in [6, 6.07) is 26.0. The summed E-state index contributed by atoms with van der Waals surface area (Å²) in [5.41, 5.74) is 4.84. The minimum absolute atomic E-state index is 0.113. The van der Waals surface area contributed by atoms with E-state index in [1.54, 1.807) is 50.2 Å². The van der Waals surface area contributed by atoms with Crippen molar-refractivity contribution < 1.29 is 28.6 Å². The Hall–Kier alpha value is -4.97. The Morgan fingerprint density at radius 2 is 1.10 bits per heavy atom. The topological polar surface area (TPSA) is 78.9 Å². The number of fused-ring (bicyclic) bond motifs is 1. The van der Waals surface area contributed by atoms with Crippen molar-refractivity contribution in [2.45, 2.75) is 27.1 Å². The van der Waals surface area contributed by atoms with Crippen LogP contribution in [0.3, 0.4) is 0 Å². The van der Waals surface area contributed by atoms with E-state index in [1.165, 1.54) is 0 Å². The van der Waals surface area contributed by atoms with Gasteiger partial charge in [0.1, 0.15) is 19.0 Å². The molecule has 6 nitrogen and oxygen atoms in total. The predicted molar refractivity (Wildman–Crippen MR) is 150 cm³/mol. The summed E-state index contributed by atoms with van der Waals surface area (Å²) in [6.45, 7) is 10.6. The fourth-order valence-corrected chi connectivity index (χ4v) is 3.71. The maximum Gasteiger partial charge on any atom is 0.343 e. The van der Waals surface area contributed by atoms with Gasteiger partial charge in [-0.1, -0.05) is 67.8 Å². The summed E-state index contributed by atoms with van der Waals surface area (Å²) in [5.74, 6) is -0.937. The van der Waals surface area contributed by atoms with Crippen molar-refractivity contribution in [2.75, 3.05) is 0 Å². The Labute approximate surface area is 227 Å². The second-order valence-electron chi connectivity index (χ2n) is 9.22. The molecule has 196 valence electrons. The molecule has 0 N–H and O–H groups in total. The molecule has 0 saturated carbocycles. The molecule has 4 rings (SSSR count). The van der Waals surface area contributed by atoms with Crippen LogP contribution in [0.15, 0.2) is 109 Å². The summed E-state index contributed by atoms with van der Waals surface area (Å²) in [5, 5.41) is 1.89. The van der Waals surface area contributed by atoms with Crippen LogP contribution in [0.1, 0.15) is 35.3 Å². The van der Waals surface area contributed by atoms with E-state index in [4.69, 9.17) is 14.2 Å². The first-order chi connectivity index (χ1) is 18.7. The molecule has 0 aliphatic heterocycles. The van der Waals surface area contributed by atoms with Crippen LogP contribution < -0.4 is 4.74 Å². The second-order valence-corrected chi connectivity index (χ2v) is 9.22. The average molecular weight is 521 g/mol. The predicted octanol–water partition coefficient (Wildman–Crippen LogP) is 6.96. The molecule has 4 aromatic rings. The maximum atomic E-state index is 12.7. The molecule has 0 fully saturated rings. The Morgan fingerprint density at radius 3 is 1.67 bits per heavy atom. The molecule has 0 bridgehead atoms. The number of benzene rings is 4. The number of esters is 3. The number of carbonyl (C=O) groups excluding carboxylic acids is 3. The number of hydrogen-bond acceptors (Lipinski definition) is 6. The van der Waals surface area contributed by atoms with E-state index in [0.29, 0.717) is 22.5 Å². The van der Waals surface area contributed by atoms with Crippen molar-refractivity contribution in [1.82, 2.24) is 0 Å². The van der Waals surface area contributed by atoms with Crippen molar-refractivity contribution >= 4 is 28.7 Å². The third-order valence-corrected chi connectivity index (χ3v) is 5.93. The van der Waals surface area contributed by atoms with Gasteiger partial charge >= 0.3 is 17.9 Å². The van der Waals surface area contributed by atoms with Gasteiger partial charge in [0, 0.05) is 11.1 Å². The van der Waals surface area contributed by atoms with Crippen molar-refractivity contribution in [1.29, 1.82) is 0 Å². The van der Waals surface area contributed by atoms with Crippen LogP contribution in [-0.4, -0.2) is 17.9 Å². The third-order valence-electron chi connectivity index (χ3n) is 5.93. The van der Waals surface area contributed by atoms with Crippen LogP contribution >= 0.6 is 0 Å². The molecule has 0 aromatic heterocycles. The molecule has 0 heterocycles. The molecule has 0 atom stereocenters. The average Bonchev–Trinajstić information content (AvgIpc) is 2.94. The minimum atomic E-state index is -0.467. The van der Waals surface area contributed by atoms with Gasteiger partial charge in [0.05, 0.1) is 5.56 Å². The number of carbonyl (C=O) groups is 3. The van der Waals surface area contributed by atoms with E-state index in [9.17, 15) is 14.4 Å². The largest absolute Gasteiger partial charge is 0.457 e. The molecular weight excluding hydrogens is 492 g/mol. The van der Waals surface area contributed by atoms with Crippen molar-refractivity contribution in [2.24, 2.45) is 0 Å². The summed E-state index contributed by atoms with van der Waals surface area (Å²) < 4.78 is 15.8. The zero-order chi connectivity index (χ0) is 27.9. The lowest BCUT2D eigenvalue weighted by Crippen LogP contribution is -2.08. The molecular formula is C33H28O6. The number of hydrogen-bond donors (Lipinski definition) is 0. The maximum absolute atomic E-state index is 12.7. The van der Waals surface area contributed by atoms with E-state index < -0.39 is 17.9 Å². The fraction of sp³-hybridized carbons (Fsp3) is 0.121. The van der Waals surface area contributed by atoms with Crippen LogP contribution in [0.25, 0.3) is 21.9 Å². The number of rotatable bonds is 9. The summed E-state index contributed by atoms with van der Waals surface area (Å²) in [7, 11) is 0. The van der Waals surface area contributed by atoms with Gasteiger partial charge in [-0.2, -0.15) is 0 Å². The van der Waals surface area contributed by atoms with E-state index in [0.717, 1.165) is 33.0 Å². The summed E-state index contributed by atoms with van der Waals surface area (Å²) in [4.78, 5) is 35.9. The van der Waals surface area contributed by atoms with E-state index in [-0.39, 0.29) is 13.2 Å². The lowest BCUT2D eigenvalue weighted by Gasteiger charge is -2.09. The van der Waals surface area contributed by atoms with E-state index in [1.807, 2.05) is 42.5 Å². The first-order valence-electron chi connectivity index (χ1n) is 12.3. The van der Waals surface area contributed by atoms with Crippen LogP contribution in [0.2, 0.25) is 0 Å². The molecule has 0 aliphatic rings. The molecule has 39 heavy (non-hydrogen) atoms. The van der Waals surface area contributed by atoms with E-state index >= 15 is 0 Å². The van der Waals surface area contributed by atoms with Crippen LogP contribution in [0, 0.1) is 0 Å². The summed E-state index contributed by atoms with van der Waals surface area (Å²) in [6.07, 6.45) is 0. The lowest BCUT2D eigenvalue weighted by molar-refractivity contribution is -0.141. The van der Waals surface area contributed by atoms with Crippen molar-refractivity contribution in [3.05, 3.63) is 126 Å². The highest BCUT2D eigenvalue weighted by atomic mass is 16.5. The van der Waals surface area contributed by atoms with Gasteiger partial charge in [0.25, 0.3) is 0 Å². The van der Waals surface area contributed by atoms with Crippen molar-refractivity contribution in [3.63, 3.8) is 0 Å². The van der Waals surface area contributed by atoms with Crippen LogP contribution in [0.4, 0.5) is 0 Å². The highest BCUT2D eigenvalue weighted by molar-refractivity contribution is 5.97. The second kappa shape index (κ2) is 12.0. The molecule has 0 radical (unpaired) electrons. The first kappa shape index (κ1) is 27.1. The van der Waals surface area contributed by atoms with Gasteiger partial charge in [-0.15, -0.1) is 0 Å². The third kappa shape index (κ3) is 7.08. The Balaban J connectivity index is 1.39. The monoisotopic (exact) mass is 520 g/mol. The zero-order valence-corrected chi connectivity index (χ0v) is 21.9. The highest BCUT2D eigenvalue weighted by Crippen LogP contribution is 2.26. The normalized spacial score (nSPS) is 10.5. The Bertz CT molecular complexity index is 1560. The Morgan fingerprint density at radius 1 is 0.615 bits per heavy atom. The molecule has 0 aliphatic carbocycles. The smallest absolute Gasteiger partial charge is 0.343 e. The standard InChI is InChI=1S/C33H28O6/c1-21(2)31(34)37-19-23-5-9-25(10-6-23)26-11-12-28-18-29(14-13-27(28)17-26)33(36)39-30-15-7-24(8-16-30)20-38-32(35)22(3)4/h5-18H,1,3,19-20H2,2,4H3. The molecule has 0 amide bonds. The van der Waals surface area contributed by atoms with E-state index in [2.05, 4.69) is 19.2 Å². The van der Waals surface area contributed by atoms with Gasteiger partial charge < -0.3 is 14.2 Å².